The van der Waals surface area contributed by atoms with E-state index in [1.807, 2.05) is 0 Å². The van der Waals surface area contributed by atoms with E-state index < -0.39 is 5.92 Å². The number of carbonyl (C=O) groups is 2. The number of nitrogens with zero attached hydrogens (tertiary/aromatic N) is 1. The quantitative estimate of drug-likeness (QED) is 0.786. The van der Waals surface area contributed by atoms with E-state index in [2.05, 4.69) is 0 Å². The van der Waals surface area contributed by atoms with Crippen molar-refractivity contribution >= 4 is 17.4 Å². The van der Waals surface area contributed by atoms with Gasteiger partial charge in [0.2, 0.25) is 5.91 Å². The highest BCUT2D eigenvalue weighted by atomic mass is 19.1. The maximum atomic E-state index is 13.6. The van der Waals surface area contributed by atoms with Crippen LogP contribution in [-0.4, -0.2) is 18.2 Å². The monoisotopic (exact) mass is 263 g/mol. The highest BCUT2D eigenvalue weighted by molar-refractivity contribution is 6.08. The average molecular weight is 263 g/mol. The van der Waals surface area contributed by atoms with Crippen LogP contribution in [0.3, 0.4) is 0 Å². The maximum absolute atomic E-state index is 13.6. The van der Waals surface area contributed by atoms with Gasteiger partial charge in [-0.05, 0) is 37.5 Å². The van der Waals surface area contributed by atoms with Crippen molar-refractivity contribution in [2.45, 2.75) is 33.1 Å². The van der Waals surface area contributed by atoms with Gasteiger partial charge in [-0.25, -0.2) is 4.39 Å². The summed E-state index contributed by atoms with van der Waals surface area (Å²) in [6.07, 6.45) is 1.75. The molecule has 0 N–H and O–H groups in total. The fourth-order valence-corrected chi connectivity index (χ4v) is 2.43. The van der Waals surface area contributed by atoms with Crippen LogP contribution in [0.4, 0.5) is 10.1 Å². The summed E-state index contributed by atoms with van der Waals surface area (Å²) in [6, 6.07) is 4.75. The van der Waals surface area contributed by atoms with Crippen LogP contribution in [0, 0.1) is 18.7 Å². The average Bonchev–Trinajstić information content (AvgIpc) is 2.41. The van der Waals surface area contributed by atoms with Crippen molar-refractivity contribution < 1.29 is 14.0 Å². The molecule has 1 aliphatic rings. The predicted octanol–water partition coefficient (Wildman–Crippen LogP) is 2.86. The van der Waals surface area contributed by atoms with Gasteiger partial charge >= 0.3 is 0 Å². The van der Waals surface area contributed by atoms with Gasteiger partial charge in [0.1, 0.15) is 11.6 Å². The lowest BCUT2D eigenvalue weighted by molar-refractivity contribution is -0.133. The number of halogens is 1. The van der Waals surface area contributed by atoms with Crippen LogP contribution in [0.15, 0.2) is 18.2 Å². The lowest BCUT2D eigenvalue weighted by Gasteiger charge is -2.31. The van der Waals surface area contributed by atoms with E-state index >= 15 is 0 Å². The Labute approximate surface area is 112 Å². The van der Waals surface area contributed by atoms with Crippen molar-refractivity contribution in [1.82, 2.24) is 0 Å². The fraction of sp³-hybridized carbons (Fsp3) is 0.467. The molecule has 0 radical (unpaired) electrons. The lowest BCUT2D eigenvalue weighted by Crippen LogP contribution is -2.44. The third kappa shape index (κ3) is 2.67. The van der Waals surface area contributed by atoms with Gasteiger partial charge in [-0.15, -0.1) is 0 Å². The third-order valence-corrected chi connectivity index (χ3v) is 3.64. The molecule has 1 aliphatic heterocycles. The van der Waals surface area contributed by atoms with E-state index in [4.69, 9.17) is 0 Å². The SMILES string of the molecule is CCC(=O)[C@H]1CCCN(c2ccc(C)c(F)c2)C1=O. The molecule has 0 aromatic heterocycles. The number of aryl methyl sites for hydroxylation is 1. The van der Waals surface area contributed by atoms with Crippen molar-refractivity contribution in [2.24, 2.45) is 5.92 Å². The second-order valence-corrected chi connectivity index (χ2v) is 4.94. The normalized spacial score (nSPS) is 19.6. The Balaban J connectivity index is 2.26. The number of hydrogen-bond acceptors (Lipinski definition) is 2. The number of anilines is 1. The largest absolute Gasteiger partial charge is 0.312 e. The summed E-state index contributed by atoms with van der Waals surface area (Å²) >= 11 is 0. The zero-order valence-electron chi connectivity index (χ0n) is 11.3. The first-order valence-electron chi connectivity index (χ1n) is 6.64. The van der Waals surface area contributed by atoms with Gasteiger partial charge < -0.3 is 4.90 Å². The second kappa shape index (κ2) is 5.51. The zero-order valence-corrected chi connectivity index (χ0v) is 11.3. The molecule has 1 atom stereocenters. The van der Waals surface area contributed by atoms with E-state index in [0.29, 0.717) is 30.6 Å². The van der Waals surface area contributed by atoms with Gasteiger partial charge in [0, 0.05) is 18.7 Å². The van der Waals surface area contributed by atoms with Gasteiger partial charge in [0.15, 0.2) is 0 Å². The molecule has 0 bridgehead atoms. The van der Waals surface area contributed by atoms with Crippen LogP contribution in [0.25, 0.3) is 0 Å². The molecule has 1 amide bonds. The van der Waals surface area contributed by atoms with Crippen molar-refractivity contribution in [3.05, 3.63) is 29.6 Å². The number of hydrogen-bond donors (Lipinski definition) is 0. The molecule has 1 heterocycles. The Hall–Kier alpha value is -1.71. The standard InChI is InChI=1S/C15H18FNO2/c1-3-14(18)12-5-4-8-17(15(12)19)11-7-6-10(2)13(16)9-11/h6-7,9,12H,3-5,8H2,1-2H3/t12-/m1/s1. The van der Waals surface area contributed by atoms with Gasteiger partial charge in [0.25, 0.3) is 0 Å². The number of carbonyl (C=O) groups excluding carboxylic acids is 2. The van der Waals surface area contributed by atoms with Crippen LogP contribution in [0.5, 0.6) is 0 Å². The third-order valence-electron chi connectivity index (χ3n) is 3.64. The van der Waals surface area contributed by atoms with Crippen LogP contribution in [0.2, 0.25) is 0 Å². The molecule has 2 rings (SSSR count). The van der Waals surface area contributed by atoms with Gasteiger partial charge in [-0.3, -0.25) is 9.59 Å². The summed E-state index contributed by atoms with van der Waals surface area (Å²) in [7, 11) is 0. The van der Waals surface area contributed by atoms with E-state index in [0.717, 1.165) is 6.42 Å². The zero-order chi connectivity index (χ0) is 14.0. The van der Waals surface area contributed by atoms with Gasteiger partial charge in [-0.1, -0.05) is 13.0 Å². The van der Waals surface area contributed by atoms with Crippen LogP contribution in [-0.2, 0) is 9.59 Å². The first-order chi connectivity index (χ1) is 9.04. The van der Waals surface area contributed by atoms with E-state index in [9.17, 15) is 14.0 Å². The number of ketones is 1. The predicted molar refractivity (Wildman–Crippen MR) is 71.5 cm³/mol. The molecule has 1 saturated heterocycles. The molecule has 1 fully saturated rings. The molecule has 4 heteroatoms. The summed E-state index contributed by atoms with van der Waals surface area (Å²) in [5, 5.41) is 0. The molecule has 19 heavy (non-hydrogen) atoms. The number of rotatable bonds is 3. The number of amides is 1. The first kappa shape index (κ1) is 13.7. The highest BCUT2D eigenvalue weighted by Crippen LogP contribution is 2.26. The van der Waals surface area contributed by atoms with Gasteiger partial charge in [-0.2, -0.15) is 0 Å². The summed E-state index contributed by atoms with van der Waals surface area (Å²) in [6.45, 7) is 4.00. The number of Topliss-reactive ketones (excluding diaryl/α,β-unsaturated/α-hetero) is 1. The first-order valence-corrected chi connectivity index (χ1v) is 6.64. The summed E-state index contributed by atoms with van der Waals surface area (Å²) in [5.41, 5.74) is 1.09. The molecule has 0 saturated carbocycles. The van der Waals surface area contributed by atoms with E-state index in [1.165, 1.54) is 11.0 Å². The van der Waals surface area contributed by atoms with E-state index in [-0.39, 0.29) is 17.5 Å². The molecule has 0 aliphatic carbocycles. The van der Waals surface area contributed by atoms with Crippen LogP contribution >= 0.6 is 0 Å². The smallest absolute Gasteiger partial charge is 0.237 e. The molecule has 1 aromatic rings. The van der Waals surface area contributed by atoms with Crippen molar-refractivity contribution in [3.8, 4) is 0 Å². The summed E-state index contributed by atoms with van der Waals surface area (Å²) < 4.78 is 13.6. The van der Waals surface area contributed by atoms with Crippen molar-refractivity contribution in [1.29, 1.82) is 0 Å². The summed E-state index contributed by atoms with van der Waals surface area (Å²) in [5.74, 6) is -1.10. The highest BCUT2D eigenvalue weighted by Gasteiger charge is 2.33. The molecule has 3 nitrogen and oxygen atoms in total. The molecular formula is C15H18FNO2. The van der Waals surface area contributed by atoms with Crippen molar-refractivity contribution in [3.63, 3.8) is 0 Å². The van der Waals surface area contributed by atoms with E-state index in [1.54, 1.807) is 26.0 Å². The Morgan fingerprint density at radius 2 is 2.21 bits per heavy atom. The van der Waals surface area contributed by atoms with Crippen molar-refractivity contribution in [2.75, 3.05) is 11.4 Å². The molecule has 102 valence electrons. The van der Waals surface area contributed by atoms with Gasteiger partial charge in [0.05, 0.1) is 5.92 Å². The number of piperidine rings is 1. The summed E-state index contributed by atoms with van der Waals surface area (Å²) in [4.78, 5) is 25.6. The number of benzene rings is 1. The molecule has 0 spiro atoms. The lowest BCUT2D eigenvalue weighted by atomic mass is 9.91. The Bertz CT molecular complexity index is 513. The minimum atomic E-state index is -0.553. The topological polar surface area (TPSA) is 37.4 Å². The molecule has 0 unspecified atom stereocenters. The minimum absolute atomic E-state index is 0.0257. The van der Waals surface area contributed by atoms with Crippen LogP contribution < -0.4 is 4.90 Å². The minimum Gasteiger partial charge on any atom is -0.312 e. The Kier molecular flexibility index (Phi) is 3.98. The molecule has 1 aromatic carbocycles. The Morgan fingerprint density at radius 1 is 1.47 bits per heavy atom. The second-order valence-electron chi connectivity index (χ2n) is 4.94. The van der Waals surface area contributed by atoms with Crippen LogP contribution in [0.1, 0.15) is 31.7 Å². The maximum Gasteiger partial charge on any atom is 0.237 e. The molecular weight excluding hydrogens is 245 g/mol. The Morgan fingerprint density at radius 3 is 2.84 bits per heavy atom. The fourth-order valence-electron chi connectivity index (χ4n) is 2.43.